The Labute approximate surface area is 129 Å². The minimum absolute atomic E-state index is 0.681. The van der Waals surface area contributed by atoms with Crippen molar-refractivity contribution in [3.05, 3.63) is 28.9 Å². The first-order valence-corrected chi connectivity index (χ1v) is 8.28. The first kappa shape index (κ1) is 14.4. The number of nitrogens with zero attached hydrogens (tertiary/aromatic N) is 4. The molecule has 0 radical (unpaired) electrons. The van der Waals surface area contributed by atoms with Crippen LogP contribution >= 0.6 is 11.3 Å². The van der Waals surface area contributed by atoms with E-state index < -0.39 is 0 Å². The van der Waals surface area contributed by atoms with Gasteiger partial charge in [0.25, 0.3) is 0 Å². The van der Waals surface area contributed by atoms with Crippen LogP contribution in [0.2, 0.25) is 0 Å². The molecule has 1 atom stereocenters. The highest BCUT2D eigenvalue weighted by atomic mass is 32.1. The summed E-state index contributed by atoms with van der Waals surface area (Å²) < 4.78 is 0. The zero-order chi connectivity index (χ0) is 14.7. The lowest BCUT2D eigenvalue weighted by molar-refractivity contribution is 0.154. The summed E-state index contributed by atoms with van der Waals surface area (Å²) in [6.45, 7) is 6.45. The zero-order valence-electron chi connectivity index (χ0n) is 12.5. The van der Waals surface area contributed by atoms with Crippen molar-refractivity contribution in [3.8, 4) is 0 Å². The molecule has 5 nitrogen and oxygen atoms in total. The average Bonchev–Trinajstić information content (AvgIpc) is 2.91. The molecule has 0 saturated carbocycles. The maximum absolute atomic E-state index is 4.44. The topological polar surface area (TPSA) is 53.9 Å². The van der Waals surface area contributed by atoms with Gasteiger partial charge in [0.2, 0.25) is 0 Å². The maximum atomic E-state index is 4.44. The SMILES string of the molecule is Cc1ccc(Nc2ncc(CN3CCCCC3C)s2)nn1. The third-order valence-electron chi connectivity index (χ3n) is 3.89. The maximum Gasteiger partial charge on any atom is 0.188 e. The number of hydrogen-bond acceptors (Lipinski definition) is 6. The van der Waals surface area contributed by atoms with Crippen LogP contribution < -0.4 is 5.32 Å². The summed E-state index contributed by atoms with van der Waals surface area (Å²) in [6, 6.07) is 4.55. The number of aromatic nitrogens is 3. The summed E-state index contributed by atoms with van der Waals surface area (Å²) in [5, 5.41) is 12.2. The minimum Gasteiger partial charge on any atom is -0.315 e. The Morgan fingerprint density at radius 2 is 2.24 bits per heavy atom. The Balaban J connectivity index is 1.61. The Morgan fingerprint density at radius 1 is 1.33 bits per heavy atom. The zero-order valence-corrected chi connectivity index (χ0v) is 13.4. The van der Waals surface area contributed by atoms with E-state index in [2.05, 4.69) is 32.3 Å². The van der Waals surface area contributed by atoms with Crippen LogP contribution in [0.5, 0.6) is 0 Å². The Bertz CT molecular complexity index is 580. The van der Waals surface area contributed by atoms with E-state index in [1.54, 1.807) is 11.3 Å². The van der Waals surface area contributed by atoms with E-state index in [-0.39, 0.29) is 0 Å². The first-order chi connectivity index (χ1) is 10.2. The van der Waals surface area contributed by atoms with E-state index in [4.69, 9.17) is 0 Å². The van der Waals surface area contributed by atoms with E-state index in [0.717, 1.165) is 23.2 Å². The van der Waals surface area contributed by atoms with Crippen molar-refractivity contribution in [1.29, 1.82) is 0 Å². The quantitative estimate of drug-likeness (QED) is 0.938. The van der Waals surface area contributed by atoms with Crippen molar-refractivity contribution in [2.24, 2.45) is 0 Å². The van der Waals surface area contributed by atoms with Crippen LogP contribution in [0.1, 0.15) is 36.8 Å². The number of anilines is 2. The predicted molar refractivity (Wildman–Crippen MR) is 85.9 cm³/mol. The summed E-state index contributed by atoms with van der Waals surface area (Å²) in [4.78, 5) is 8.28. The Kier molecular flexibility index (Phi) is 4.45. The van der Waals surface area contributed by atoms with Crippen molar-refractivity contribution in [2.75, 3.05) is 11.9 Å². The molecule has 1 fully saturated rings. The van der Waals surface area contributed by atoms with E-state index in [9.17, 15) is 0 Å². The largest absolute Gasteiger partial charge is 0.315 e. The van der Waals surface area contributed by atoms with Crippen LogP contribution in [0.25, 0.3) is 0 Å². The lowest BCUT2D eigenvalue weighted by atomic mass is 10.0. The molecule has 1 aliphatic heterocycles. The van der Waals surface area contributed by atoms with Crippen molar-refractivity contribution in [1.82, 2.24) is 20.1 Å². The minimum atomic E-state index is 0.681. The van der Waals surface area contributed by atoms with Gasteiger partial charge in [-0.1, -0.05) is 6.42 Å². The predicted octanol–water partition coefficient (Wildman–Crippen LogP) is 3.36. The monoisotopic (exact) mass is 303 g/mol. The van der Waals surface area contributed by atoms with Crippen molar-refractivity contribution < 1.29 is 0 Å². The molecule has 0 amide bonds. The highest BCUT2D eigenvalue weighted by molar-refractivity contribution is 7.15. The van der Waals surface area contributed by atoms with Crippen molar-refractivity contribution in [3.63, 3.8) is 0 Å². The lowest BCUT2D eigenvalue weighted by Crippen LogP contribution is -2.36. The van der Waals surface area contributed by atoms with E-state index >= 15 is 0 Å². The summed E-state index contributed by atoms with van der Waals surface area (Å²) in [6.07, 6.45) is 5.95. The smallest absolute Gasteiger partial charge is 0.188 e. The van der Waals surface area contributed by atoms with Gasteiger partial charge in [-0.25, -0.2) is 4.98 Å². The summed E-state index contributed by atoms with van der Waals surface area (Å²) in [5.74, 6) is 0.743. The molecule has 21 heavy (non-hydrogen) atoms. The molecule has 2 aromatic heterocycles. The molecule has 0 bridgehead atoms. The van der Waals surface area contributed by atoms with Gasteiger partial charge < -0.3 is 5.32 Å². The first-order valence-electron chi connectivity index (χ1n) is 7.47. The lowest BCUT2D eigenvalue weighted by Gasteiger charge is -2.32. The van der Waals surface area contributed by atoms with Crippen LogP contribution in [0.3, 0.4) is 0 Å². The summed E-state index contributed by atoms with van der Waals surface area (Å²) in [5.41, 5.74) is 0.916. The fraction of sp³-hybridized carbons (Fsp3) is 0.533. The van der Waals surface area contributed by atoms with Gasteiger partial charge in [-0.2, -0.15) is 5.10 Å². The molecule has 3 rings (SSSR count). The van der Waals surface area contributed by atoms with Gasteiger partial charge in [0.1, 0.15) is 0 Å². The normalized spacial score (nSPS) is 19.6. The van der Waals surface area contributed by atoms with Gasteiger partial charge in [0, 0.05) is 23.7 Å². The van der Waals surface area contributed by atoms with Gasteiger partial charge >= 0.3 is 0 Å². The van der Waals surface area contributed by atoms with Gasteiger partial charge in [-0.15, -0.1) is 16.4 Å². The summed E-state index contributed by atoms with van der Waals surface area (Å²) in [7, 11) is 0. The number of thiazole rings is 1. The van der Waals surface area contributed by atoms with Gasteiger partial charge in [0.15, 0.2) is 10.9 Å². The van der Waals surface area contributed by atoms with E-state index in [0.29, 0.717) is 6.04 Å². The molecule has 0 spiro atoms. The second-order valence-electron chi connectivity index (χ2n) is 5.63. The Morgan fingerprint density at radius 3 is 3.00 bits per heavy atom. The molecular formula is C15H21N5S. The molecule has 1 unspecified atom stereocenters. The molecule has 112 valence electrons. The van der Waals surface area contributed by atoms with Crippen LogP contribution in [0.4, 0.5) is 10.9 Å². The molecule has 1 aliphatic rings. The molecule has 0 aliphatic carbocycles. The fourth-order valence-electron chi connectivity index (χ4n) is 2.61. The molecule has 1 N–H and O–H groups in total. The van der Waals surface area contributed by atoms with Gasteiger partial charge in [-0.3, -0.25) is 4.90 Å². The van der Waals surface area contributed by atoms with E-state index in [1.807, 2.05) is 25.3 Å². The van der Waals surface area contributed by atoms with Gasteiger partial charge in [-0.05, 0) is 45.4 Å². The second-order valence-corrected chi connectivity index (χ2v) is 6.75. The molecule has 2 aromatic rings. The average molecular weight is 303 g/mol. The molecule has 6 heteroatoms. The fourth-order valence-corrected chi connectivity index (χ4v) is 3.45. The summed E-state index contributed by atoms with van der Waals surface area (Å²) >= 11 is 1.70. The molecule has 1 saturated heterocycles. The van der Waals surface area contributed by atoms with Crippen LogP contribution in [-0.4, -0.2) is 32.7 Å². The number of piperidine rings is 1. The van der Waals surface area contributed by atoms with Crippen LogP contribution in [0.15, 0.2) is 18.3 Å². The number of aryl methyl sites for hydroxylation is 1. The highest BCUT2D eigenvalue weighted by Crippen LogP contribution is 2.25. The number of hydrogen-bond donors (Lipinski definition) is 1. The number of rotatable bonds is 4. The molecule has 0 aromatic carbocycles. The van der Waals surface area contributed by atoms with Crippen LogP contribution in [-0.2, 0) is 6.54 Å². The second kappa shape index (κ2) is 6.49. The number of nitrogens with one attached hydrogen (secondary N) is 1. The van der Waals surface area contributed by atoms with Crippen molar-refractivity contribution in [2.45, 2.75) is 45.7 Å². The molecular weight excluding hydrogens is 282 g/mol. The van der Waals surface area contributed by atoms with Gasteiger partial charge in [0.05, 0.1) is 5.69 Å². The van der Waals surface area contributed by atoms with Crippen molar-refractivity contribution >= 4 is 22.3 Å². The van der Waals surface area contributed by atoms with E-state index in [1.165, 1.54) is 30.7 Å². The number of likely N-dealkylation sites (tertiary alicyclic amines) is 1. The molecule has 3 heterocycles. The highest BCUT2D eigenvalue weighted by Gasteiger charge is 2.19. The third kappa shape index (κ3) is 3.77. The standard InChI is InChI=1S/C15H21N5S/c1-11-6-7-14(19-18-11)17-15-16-9-13(21-15)10-20-8-4-3-5-12(20)2/h6-7,9,12H,3-5,8,10H2,1-2H3,(H,16,17,19). The van der Waals surface area contributed by atoms with Crippen LogP contribution in [0, 0.1) is 6.92 Å². The Hall–Kier alpha value is -1.53. The third-order valence-corrected chi connectivity index (χ3v) is 4.78.